The van der Waals surface area contributed by atoms with E-state index >= 15 is 0 Å². The topological polar surface area (TPSA) is 97.3 Å². The normalized spacial score (nSPS) is 22.3. The number of ether oxygens (including phenoxy) is 3. The zero-order valence-electron chi connectivity index (χ0n) is 18.3. The fourth-order valence-corrected chi connectivity index (χ4v) is 4.44. The Labute approximate surface area is 199 Å². The number of carboxylic acid groups (broad SMARTS) is 1. The number of benzene rings is 2. The first-order valence-corrected chi connectivity index (χ1v) is 11.0. The largest absolute Gasteiger partial charge is 0.586 e. The maximum atomic E-state index is 13.3. The molecule has 4 atom stereocenters. The second-order valence-electron chi connectivity index (χ2n) is 8.15. The van der Waals surface area contributed by atoms with Crippen LogP contribution in [0.4, 0.5) is 8.78 Å². The summed E-state index contributed by atoms with van der Waals surface area (Å²) in [7, 11) is 1.34. The zero-order valence-corrected chi connectivity index (χ0v) is 19.1. The van der Waals surface area contributed by atoms with E-state index < -0.39 is 36.6 Å². The molecular formula is C23H23ClF2N2O6. The number of alkyl halides is 2. The van der Waals surface area contributed by atoms with Crippen LogP contribution in [0.3, 0.4) is 0 Å². The third kappa shape index (κ3) is 4.79. The molecule has 0 radical (unpaired) electrons. The van der Waals surface area contributed by atoms with Gasteiger partial charge in [-0.3, -0.25) is 15.0 Å². The summed E-state index contributed by atoms with van der Waals surface area (Å²) in [6.45, 7) is 1.72. The van der Waals surface area contributed by atoms with Gasteiger partial charge in [0.25, 0.3) is 0 Å². The number of hydrogen-bond acceptors (Lipinski definition) is 6. The molecule has 11 heteroatoms. The molecular weight excluding hydrogens is 474 g/mol. The maximum absolute atomic E-state index is 13.3. The molecule has 2 aliphatic rings. The average molecular weight is 497 g/mol. The molecule has 0 bridgehead atoms. The molecule has 2 aromatic carbocycles. The first kappa shape index (κ1) is 24.2. The number of carbonyl (C=O) groups excluding carboxylic acids is 1. The third-order valence-corrected chi connectivity index (χ3v) is 6.17. The standard InChI is InChI=1S/C23H23ClF2N2O6/c1-12(14-7-9-17-18(11-14)34-23(25,26)33-17)27-22(32-2)28-19(21(30)31)16(20(28)29)8-6-13-4-3-5-15(24)10-13/h3-5,7,9-12,16,19,22,27H,6,8H2,1-2H3,(H,30,31)/t12?,16-,19?,22?/m1/s1. The van der Waals surface area contributed by atoms with Crippen molar-refractivity contribution >= 4 is 23.5 Å². The van der Waals surface area contributed by atoms with Gasteiger partial charge in [0.1, 0.15) is 6.04 Å². The Morgan fingerprint density at radius 3 is 2.68 bits per heavy atom. The highest BCUT2D eigenvalue weighted by atomic mass is 35.5. The van der Waals surface area contributed by atoms with Crippen molar-refractivity contribution in [3.8, 4) is 11.5 Å². The summed E-state index contributed by atoms with van der Waals surface area (Å²) in [5.74, 6) is -2.41. The van der Waals surface area contributed by atoms with Crippen molar-refractivity contribution < 1.29 is 37.7 Å². The minimum Gasteiger partial charge on any atom is -0.480 e. The van der Waals surface area contributed by atoms with E-state index in [1.165, 1.54) is 19.2 Å². The molecule has 0 aromatic heterocycles. The van der Waals surface area contributed by atoms with E-state index in [4.69, 9.17) is 16.3 Å². The summed E-state index contributed by atoms with van der Waals surface area (Å²) in [6, 6.07) is 9.91. The van der Waals surface area contributed by atoms with Crippen molar-refractivity contribution in [1.82, 2.24) is 10.2 Å². The number of fused-ring (bicyclic) bond motifs is 1. The molecule has 1 fully saturated rings. The van der Waals surface area contributed by atoms with Gasteiger partial charge in [-0.25, -0.2) is 4.79 Å². The van der Waals surface area contributed by atoms with Gasteiger partial charge in [0.15, 0.2) is 17.9 Å². The number of methoxy groups -OCH3 is 1. The number of nitrogens with zero attached hydrogens (tertiary/aromatic N) is 1. The Kier molecular flexibility index (Phi) is 6.66. The number of aliphatic carboxylic acids is 1. The molecule has 3 unspecified atom stereocenters. The second-order valence-corrected chi connectivity index (χ2v) is 8.59. The van der Waals surface area contributed by atoms with Crippen LogP contribution in [0.2, 0.25) is 5.02 Å². The van der Waals surface area contributed by atoms with Crippen molar-refractivity contribution in [3.05, 3.63) is 58.6 Å². The van der Waals surface area contributed by atoms with Crippen molar-refractivity contribution in [2.45, 2.75) is 44.5 Å². The molecule has 2 N–H and O–H groups in total. The summed E-state index contributed by atoms with van der Waals surface area (Å²) in [5.41, 5.74) is 1.46. The zero-order chi connectivity index (χ0) is 24.6. The van der Waals surface area contributed by atoms with E-state index in [2.05, 4.69) is 14.8 Å². The second kappa shape index (κ2) is 9.36. The van der Waals surface area contributed by atoms with Crippen molar-refractivity contribution in [1.29, 1.82) is 0 Å². The van der Waals surface area contributed by atoms with E-state index in [1.807, 2.05) is 6.07 Å². The lowest BCUT2D eigenvalue weighted by Crippen LogP contribution is -2.70. The molecule has 2 aliphatic heterocycles. The van der Waals surface area contributed by atoms with Gasteiger partial charge in [-0.05, 0) is 55.2 Å². The predicted molar refractivity (Wildman–Crippen MR) is 117 cm³/mol. The first-order valence-electron chi connectivity index (χ1n) is 10.6. The van der Waals surface area contributed by atoms with Gasteiger partial charge in [0.2, 0.25) is 5.91 Å². The first-order chi connectivity index (χ1) is 16.1. The molecule has 4 rings (SSSR count). The van der Waals surface area contributed by atoms with Crippen molar-refractivity contribution in [3.63, 3.8) is 0 Å². The Balaban J connectivity index is 1.43. The number of hydrogen-bond donors (Lipinski definition) is 2. The van der Waals surface area contributed by atoms with Crippen LogP contribution < -0.4 is 14.8 Å². The lowest BCUT2D eigenvalue weighted by Gasteiger charge is -2.48. The number of rotatable bonds is 9. The molecule has 1 saturated heterocycles. The molecule has 1 amide bonds. The summed E-state index contributed by atoms with van der Waals surface area (Å²) in [4.78, 5) is 26.0. The Morgan fingerprint density at radius 2 is 2.00 bits per heavy atom. The SMILES string of the molecule is COC(NC(C)c1ccc2c(c1)OC(F)(F)O2)N1C(=O)[C@H](CCc2cccc(Cl)c2)C1C(=O)O. The van der Waals surface area contributed by atoms with E-state index in [1.54, 1.807) is 31.2 Å². The van der Waals surface area contributed by atoms with Crippen molar-refractivity contribution in [2.24, 2.45) is 5.92 Å². The van der Waals surface area contributed by atoms with E-state index in [9.17, 15) is 23.5 Å². The fraction of sp³-hybridized carbons (Fsp3) is 0.391. The average Bonchev–Trinajstić information content (AvgIpc) is 3.09. The van der Waals surface area contributed by atoms with Gasteiger partial charge in [-0.2, -0.15) is 0 Å². The van der Waals surface area contributed by atoms with Gasteiger partial charge in [-0.1, -0.05) is 29.8 Å². The van der Waals surface area contributed by atoms with Crippen LogP contribution in [-0.4, -0.2) is 47.7 Å². The number of amides is 1. The quantitative estimate of drug-likeness (QED) is 0.402. The van der Waals surface area contributed by atoms with Crippen LogP contribution in [0, 0.1) is 5.92 Å². The maximum Gasteiger partial charge on any atom is 0.586 e. The lowest BCUT2D eigenvalue weighted by molar-refractivity contribution is -0.286. The van der Waals surface area contributed by atoms with Gasteiger partial charge in [-0.15, -0.1) is 8.78 Å². The third-order valence-electron chi connectivity index (χ3n) is 5.93. The van der Waals surface area contributed by atoms with Gasteiger partial charge >= 0.3 is 12.3 Å². The van der Waals surface area contributed by atoms with Gasteiger partial charge < -0.3 is 19.3 Å². The van der Waals surface area contributed by atoms with Gasteiger partial charge in [0, 0.05) is 18.2 Å². The van der Waals surface area contributed by atoms with Crippen LogP contribution in [-0.2, 0) is 20.7 Å². The van der Waals surface area contributed by atoms with E-state index in [0.29, 0.717) is 23.4 Å². The van der Waals surface area contributed by atoms with Gasteiger partial charge in [0.05, 0.1) is 5.92 Å². The van der Waals surface area contributed by atoms with Crippen LogP contribution >= 0.6 is 11.6 Å². The summed E-state index contributed by atoms with van der Waals surface area (Å²) < 4.78 is 40.9. The highest BCUT2D eigenvalue weighted by Crippen LogP contribution is 2.42. The van der Waals surface area contributed by atoms with E-state index in [0.717, 1.165) is 10.5 Å². The number of carbonyl (C=O) groups is 2. The Morgan fingerprint density at radius 1 is 1.26 bits per heavy atom. The minimum atomic E-state index is -3.73. The monoisotopic (exact) mass is 496 g/mol. The summed E-state index contributed by atoms with van der Waals surface area (Å²) >= 11 is 6.00. The fourth-order valence-electron chi connectivity index (χ4n) is 4.23. The van der Waals surface area contributed by atoms with Crippen LogP contribution in [0.1, 0.15) is 30.5 Å². The number of likely N-dealkylation sites (tertiary alicyclic amines) is 1. The molecule has 2 heterocycles. The lowest BCUT2D eigenvalue weighted by atomic mass is 9.82. The molecule has 0 spiro atoms. The number of aryl methyl sites for hydroxylation is 1. The molecule has 182 valence electrons. The number of halogens is 3. The van der Waals surface area contributed by atoms with Crippen LogP contribution in [0.25, 0.3) is 0 Å². The van der Waals surface area contributed by atoms with Crippen LogP contribution in [0.5, 0.6) is 11.5 Å². The molecule has 0 aliphatic carbocycles. The summed E-state index contributed by atoms with van der Waals surface area (Å²) in [5, 5.41) is 13.4. The van der Waals surface area contributed by atoms with E-state index in [-0.39, 0.29) is 17.4 Å². The predicted octanol–water partition coefficient (Wildman–Crippen LogP) is 3.79. The number of β-lactam (4-membered cyclic amide) rings is 1. The Bertz CT molecular complexity index is 1100. The molecule has 34 heavy (non-hydrogen) atoms. The van der Waals surface area contributed by atoms with Crippen molar-refractivity contribution in [2.75, 3.05) is 7.11 Å². The molecule has 8 nitrogen and oxygen atoms in total. The highest BCUT2D eigenvalue weighted by Gasteiger charge is 2.54. The smallest absolute Gasteiger partial charge is 0.480 e. The number of nitrogens with one attached hydrogen (secondary N) is 1. The molecule has 0 saturated carbocycles. The number of carboxylic acids is 1. The van der Waals surface area contributed by atoms with Crippen LogP contribution in [0.15, 0.2) is 42.5 Å². The Hall–Kier alpha value is -2.95. The summed E-state index contributed by atoms with van der Waals surface area (Å²) in [6.07, 6.45) is -3.93. The highest BCUT2D eigenvalue weighted by molar-refractivity contribution is 6.30. The minimum absolute atomic E-state index is 0.0874. The molecule has 2 aromatic rings.